The summed E-state index contributed by atoms with van der Waals surface area (Å²) in [4.78, 5) is 15.6. The van der Waals surface area contributed by atoms with E-state index in [1.54, 1.807) is 12.3 Å². The predicted molar refractivity (Wildman–Crippen MR) is 80.7 cm³/mol. The Labute approximate surface area is 120 Å². The number of carbonyl (C=O) groups is 1. The maximum absolute atomic E-state index is 11.4. The third-order valence-corrected chi connectivity index (χ3v) is 2.47. The Bertz CT molecular complexity index is 455. The number of anilines is 2. The Morgan fingerprint density at radius 2 is 2.10 bits per heavy atom. The Kier molecular flexibility index (Phi) is 5.61. The number of pyridine rings is 1. The minimum Gasteiger partial charge on any atom is -0.444 e. The first-order valence-corrected chi connectivity index (χ1v) is 6.71. The van der Waals surface area contributed by atoms with Crippen molar-refractivity contribution in [1.29, 1.82) is 0 Å². The van der Waals surface area contributed by atoms with Crippen molar-refractivity contribution in [3.05, 3.63) is 17.8 Å². The van der Waals surface area contributed by atoms with Crippen LogP contribution >= 0.6 is 0 Å². The quantitative estimate of drug-likeness (QED) is 0.720. The van der Waals surface area contributed by atoms with Crippen LogP contribution in [0.3, 0.4) is 0 Å². The smallest absolute Gasteiger partial charge is 0.407 e. The Balaban J connectivity index is 2.19. The molecule has 0 unspecified atom stereocenters. The molecule has 0 spiro atoms. The summed E-state index contributed by atoms with van der Waals surface area (Å²) in [7, 11) is 0. The molecule has 0 radical (unpaired) electrons. The highest BCUT2D eigenvalue weighted by Gasteiger charge is 2.15. The number of hydrogen-bond donors (Lipinski definition) is 3. The van der Waals surface area contributed by atoms with Crippen LogP contribution in [-0.2, 0) is 4.74 Å². The molecule has 0 aliphatic carbocycles. The van der Waals surface area contributed by atoms with Gasteiger partial charge >= 0.3 is 6.09 Å². The lowest BCUT2D eigenvalue weighted by molar-refractivity contribution is 0.0528. The molecule has 1 aromatic rings. The average molecular weight is 280 g/mol. The number of nitrogens with one attached hydrogen (secondary N) is 2. The third kappa shape index (κ3) is 6.26. The van der Waals surface area contributed by atoms with Gasteiger partial charge in [-0.1, -0.05) is 0 Å². The van der Waals surface area contributed by atoms with E-state index in [9.17, 15) is 4.79 Å². The van der Waals surface area contributed by atoms with E-state index in [1.807, 2.05) is 27.7 Å². The van der Waals surface area contributed by atoms with Crippen molar-refractivity contribution in [1.82, 2.24) is 10.3 Å². The zero-order chi connectivity index (χ0) is 15.2. The van der Waals surface area contributed by atoms with Gasteiger partial charge in [0, 0.05) is 31.0 Å². The van der Waals surface area contributed by atoms with Crippen LogP contribution in [0.1, 0.15) is 32.8 Å². The molecular formula is C14H24N4O2. The number of ether oxygens (including phenoxy) is 1. The maximum atomic E-state index is 11.4. The Morgan fingerprint density at radius 3 is 2.70 bits per heavy atom. The number of aromatic nitrogens is 1. The second kappa shape index (κ2) is 6.98. The predicted octanol–water partition coefficient (Wildman–Crippen LogP) is 2.30. The van der Waals surface area contributed by atoms with Crippen LogP contribution in [0, 0.1) is 6.92 Å². The molecular weight excluding hydrogens is 256 g/mol. The maximum Gasteiger partial charge on any atom is 0.407 e. The summed E-state index contributed by atoms with van der Waals surface area (Å²) in [5.41, 5.74) is 7.01. The van der Waals surface area contributed by atoms with E-state index in [1.165, 1.54) is 0 Å². The van der Waals surface area contributed by atoms with Gasteiger partial charge in [-0.3, -0.25) is 0 Å². The number of nitrogen functional groups attached to an aromatic ring is 1. The molecule has 0 aliphatic heterocycles. The molecule has 20 heavy (non-hydrogen) atoms. The summed E-state index contributed by atoms with van der Waals surface area (Å²) in [6.07, 6.45) is 2.11. The summed E-state index contributed by atoms with van der Waals surface area (Å²) < 4.78 is 5.13. The van der Waals surface area contributed by atoms with Gasteiger partial charge in [0.2, 0.25) is 0 Å². The monoisotopic (exact) mass is 280 g/mol. The van der Waals surface area contributed by atoms with Gasteiger partial charge in [0.05, 0.1) is 0 Å². The zero-order valence-corrected chi connectivity index (χ0v) is 12.6. The molecule has 0 fully saturated rings. The van der Waals surface area contributed by atoms with Crippen molar-refractivity contribution < 1.29 is 9.53 Å². The van der Waals surface area contributed by atoms with E-state index in [2.05, 4.69) is 15.6 Å². The van der Waals surface area contributed by atoms with Gasteiger partial charge in [-0.15, -0.1) is 0 Å². The molecule has 6 nitrogen and oxygen atoms in total. The highest BCUT2D eigenvalue weighted by atomic mass is 16.6. The van der Waals surface area contributed by atoms with Gasteiger partial charge in [-0.2, -0.15) is 0 Å². The molecule has 4 N–H and O–H groups in total. The highest BCUT2D eigenvalue weighted by Crippen LogP contribution is 2.13. The number of hydrogen-bond acceptors (Lipinski definition) is 5. The molecule has 1 heterocycles. The van der Waals surface area contributed by atoms with Crippen LogP contribution in [0.2, 0.25) is 0 Å². The lowest BCUT2D eigenvalue weighted by atomic mass is 10.2. The molecule has 1 rings (SSSR count). The van der Waals surface area contributed by atoms with E-state index in [0.717, 1.165) is 23.5 Å². The van der Waals surface area contributed by atoms with Gasteiger partial charge < -0.3 is 21.1 Å². The van der Waals surface area contributed by atoms with Gasteiger partial charge in [0.1, 0.15) is 11.4 Å². The van der Waals surface area contributed by atoms with E-state index in [-0.39, 0.29) is 0 Å². The summed E-state index contributed by atoms with van der Waals surface area (Å²) in [5.74, 6) is 0.741. The van der Waals surface area contributed by atoms with Gasteiger partial charge in [-0.25, -0.2) is 9.78 Å². The van der Waals surface area contributed by atoms with Crippen LogP contribution in [0.5, 0.6) is 0 Å². The first-order chi connectivity index (χ1) is 9.28. The van der Waals surface area contributed by atoms with Crippen molar-refractivity contribution in [3.63, 3.8) is 0 Å². The molecule has 0 atom stereocenters. The number of nitrogens with zero attached hydrogens (tertiary/aromatic N) is 1. The minimum absolute atomic E-state index is 0.393. The molecule has 6 heteroatoms. The topological polar surface area (TPSA) is 89.3 Å². The summed E-state index contributed by atoms with van der Waals surface area (Å²) in [6.45, 7) is 8.66. The number of rotatable bonds is 5. The molecule has 0 bridgehead atoms. The molecule has 0 saturated carbocycles. The second-order valence-electron chi connectivity index (χ2n) is 5.64. The van der Waals surface area contributed by atoms with Crippen molar-refractivity contribution in [2.75, 3.05) is 24.1 Å². The standard InChI is InChI=1S/C14H24N4O2/c1-10-9-18-12(8-11(10)15)16-6-5-7-17-13(19)20-14(2,3)4/h8-9H,5-7H2,1-4H3,(H,17,19)(H3,15,16,18). The average Bonchev–Trinajstić information content (AvgIpc) is 2.31. The zero-order valence-electron chi connectivity index (χ0n) is 12.6. The van der Waals surface area contributed by atoms with Crippen molar-refractivity contribution in [2.24, 2.45) is 0 Å². The van der Waals surface area contributed by atoms with E-state index in [0.29, 0.717) is 13.1 Å². The number of amides is 1. The van der Waals surface area contributed by atoms with Gasteiger partial charge in [0.15, 0.2) is 0 Å². The normalized spacial score (nSPS) is 11.0. The first-order valence-electron chi connectivity index (χ1n) is 6.71. The molecule has 0 aliphatic rings. The van der Waals surface area contributed by atoms with Crippen LogP contribution in [0.25, 0.3) is 0 Å². The van der Waals surface area contributed by atoms with Crippen LogP contribution in [0.15, 0.2) is 12.3 Å². The van der Waals surface area contributed by atoms with Gasteiger partial charge in [-0.05, 0) is 39.7 Å². The van der Waals surface area contributed by atoms with Crippen LogP contribution in [-0.4, -0.2) is 29.8 Å². The lowest BCUT2D eigenvalue weighted by Crippen LogP contribution is -2.33. The fraction of sp³-hybridized carbons (Fsp3) is 0.571. The number of aryl methyl sites for hydroxylation is 1. The van der Waals surface area contributed by atoms with Crippen LogP contribution < -0.4 is 16.4 Å². The van der Waals surface area contributed by atoms with E-state index >= 15 is 0 Å². The molecule has 0 aromatic carbocycles. The SMILES string of the molecule is Cc1cnc(NCCCNC(=O)OC(C)(C)C)cc1N. The number of alkyl carbamates (subject to hydrolysis) is 1. The number of carbonyl (C=O) groups excluding carboxylic acids is 1. The lowest BCUT2D eigenvalue weighted by Gasteiger charge is -2.19. The van der Waals surface area contributed by atoms with Crippen molar-refractivity contribution in [3.8, 4) is 0 Å². The third-order valence-electron chi connectivity index (χ3n) is 2.47. The summed E-state index contributed by atoms with van der Waals surface area (Å²) >= 11 is 0. The Morgan fingerprint density at radius 1 is 1.40 bits per heavy atom. The van der Waals surface area contributed by atoms with E-state index < -0.39 is 11.7 Å². The van der Waals surface area contributed by atoms with Crippen molar-refractivity contribution >= 4 is 17.6 Å². The summed E-state index contributed by atoms with van der Waals surface area (Å²) in [5, 5.41) is 5.85. The van der Waals surface area contributed by atoms with E-state index in [4.69, 9.17) is 10.5 Å². The highest BCUT2D eigenvalue weighted by molar-refractivity contribution is 5.67. The van der Waals surface area contributed by atoms with Crippen molar-refractivity contribution in [2.45, 2.75) is 39.7 Å². The fourth-order valence-corrected chi connectivity index (χ4v) is 1.45. The molecule has 0 saturated heterocycles. The molecule has 1 aromatic heterocycles. The molecule has 1 amide bonds. The fourth-order valence-electron chi connectivity index (χ4n) is 1.45. The first kappa shape index (κ1) is 16.1. The number of nitrogens with two attached hydrogens (primary N) is 1. The van der Waals surface area contributed by atoms with Crippen LogP contribution in [0.4, 0.5) is 16.3 Å². The second-order valence-corrected chi connectivity index (χ2v) is 5.64. The van der Waals surface area contributed by atoms with Gasteiger partial charge in [0.25, 0.3) is 0 Å². The summed E-state index contributed by atoms with van der Waals surface area (Å²) in [6, 6.07) is 1.80. The Hall–Kier alpha value is -1.98. The molecule has 112 valence electrons. The minimum atomic E-state index is -0.467. The largest absolute Gasteiger partial charge is 0.444 e.